The Bertz CT molecular complexity index is 590. The number of aldehydes is 1. The number of fused-ring (bicyclic) bond motifs is 1. The average Bonchev–Trinajstić information content (AvgIpc) is 2.93. The maximum Gasteiger partial charge on any atom is 0.307 e. The van der Waals surface area contributed by atoms with E-state index in [-0.39, 0.29) is 25.6 Å². The topological polar surface area (TPSA) is 99.1 Å². The lowest BCUT2D eigenvalue weighted by Crippen LogP contribution is -2.54. The summed E-state index contributed by atoms with van der Waals surface area (Å²) in [5, 5.41) is 10.1. The van der Waals surface area contributed by atoms with Crippen molar-refractivity contribution in [3.8, 4) is 0 Å². The summed E-state index contributed by atoms with van der Waals surface area (Å²) >= 11 is 0. The molecule has 0 bridgehead atoms. The van der Waals surface area contributed by atoms with E-state index < -0.39 is 29.7 Å². The fourth-order valence-corrected chi connectivity index (χ4v) is 2.89. The van der Waals surface area contributed by atoms with Gasteiger partial charge in [-0.1, -0.05) is 26.0 Å². The minimum absolute atomic E-state index is 0.0930. The van der Waals surface area contributed by atoms with Crippen LogP contribution in [0.1, 0.15) is 27.2 Å². The van der Waals surface area contributed by atoms with Crippen LogP contribution in [0.25, 0.3) is 0 Å². The fourth-order valence-electron chi connectivity index (χ4n) is 2.89. The summed E-state index contributed by atoms with van der Waals surface area (Å²) in [4.78, 5) is 34.6. The van der Waals surface area contributed by atoms with Gasteiger partial charge < -0.3 is 19.3 Å². The molecule has 1 aliphatic heterocycles. The van der Waals surface area contributed by atoms with Gasteiger partial charge in [-0.15, -0.1) is 0 Å². The molecule has 2 rings (SSSR count). The summed E-state index contributed by atoms with van der Waals surface area (Å²) in [6.07, 6.45) is 2.76. The molecule has 2 aliphatic rings. The molecular weight excluding hydrogens is 316 g/mol. The molecule has 1 heterocycles. The molecule has 0 aromatic carbocycles. The SMILES string of the molecule is CC(=O)OCC1(OC(=O)CC(C)C)CO[C@@H](O)[C@@H]2C(C=O)=CC=C21. The third-order valence-corrected chi connectivity index (χ3v) is 3.98. The van der Waals surface area contributed by atoms with Gasteiger partial charge in [0, 0.05) is 18.9 Å². The Hall–Kier alpha value is -1.99. The zero-order valence-electron chi connectivity index (χ0n) is 14.0. The molecule has 0 aromatic heterocycles. The van der Waals surface area contributed by atoms with Crippen LogP contribution >= 0.6 is 0 Å². The van der Waals surface area contributed by atoms with Crippen molar-refractivity contribution in [2.45, 2.75) is 39.1 Å². The first-order valence-electron chi connectivity index (χ1n) is 7.81. The third kappa shape index (κ3) is 3.73. The standard InChI is InChI=1S/C17H22O7/c1-10(2)6-14(20)24-17(8-22-11(3)19)9-23-16(21)15-12(7-18)4-5-13(15)17/h4-5,7,10,15-16,21H,6,8-9H2,1-3H3/t15-,16-,17?/m1/s1. The van der Waals surface area contributed by atoms with Crippen LogP contribution in [0.5, 0.6) is 0 Å². The number of carbonyl (C=O) groups excluding carboxylic acids is 3. The Labute approximate surface area is 140 Å². The zero-order chi connectivity index (χ0) is 17.9. The molecule has 0 radical (unpaired) electrons. The van der Waals surface area contributed by atoms with Gasteiger partial charge in [0.2, 0.25) is 0 Å². The Morgan fingerprint density at radius 3 is 2.75 bits per heavy atom. The van der Waals surface area contributed by atoms with Crippen molar-refractivity contribution in [2.24, 2.45) is 11.8 Å². The number of aliphatic hydroxyl groups excluding tert-OH is 1. The van der Waals surface area contributed by atoms with E-state index in [1.165, 1.54) is 6.92 Å². The monoisotopic (exact) mass is 338 g/mol. The van der Waals surface area contributed by atoms with E-state index in [4.69, 9.17) is 14.2 Å². The van der Waals surface area contributed by atoms with Gasteiger partial charge in [-0.25, -0.2) is 0 Å². The maximum absolute atomic E-state index is 12.2. The highest BCUT2D eigenvalue weighted by molar-refractivity contribution is 5.79. The van der Waals surface area contributed by atoms with Gasteiger partial charge >= 0.3 is 11.9 Å². The molecule has 1 unspecified atom stereocenters. The van der Waals surface area contributed by atoms with E-state index in [1.54, 1.807) is 12.2 Å². The molecule has 3 atom stereocenters. The molecule has 24 heavy (non-hydrogen) atoms. The Morgan fingerprint density at radius 2 is 2.17 bits per heavy atom. The predicted molar refractivity (Wildman–Crippen MR) is 82.6 cm³/mol. The first kappa shape index (κ1) is 18.4. The molecule has 0 amide bonds. The molecule has 7 nitrogen and oxygen atoms in total. The van der Waals surface area contributed by atoms with Gasteiger partial charge in [0.1, 0.15) is 12.9 Å². The number of esters is 2. The maximum atomic E-state index is 12.2. The fraction of sp³-hybridized carbons (Fsp3) is 0.588. The van der Waals surface area contributed by atoms with Crippen LogP contribution in [-0.2, 0) is 28.6 Å². The van der Waals surface area contributed by atoms with Crippen molar-refractivity contribution in [1.29, 1.82) is 0 Å². The van der Waals surface area contributed by atoms with Crippen LogP contribution in [0.4, 0.5) is 0 Å². The highest BCUT2D eigenvalue weighted by Gasteiger charge is 2.52. The van der Waals surface area contributed by atoms with E-state index in [9.17, 15) is 19.5 Å². The highest BCUT2D eigenvalue weighted by atomic mass is 16.6. The molecule has 1 saturated heterocycles. The van der Waals surface area contributed by atoms with E-state index in [0.29, 0.717) is 17.4 Å². The summed E-state index contributed by atoms with van der Waals surface area (Å²) in [6.45, 7) is 4.61. The van der Waals surface area contributed by atoms with Crippen LogP contribution in [0.2, 0.25) is 0 Å². The van der Waals surface area contributed by atoms with Gasteiger partial charge in [0.25, 0.3) is 0 Å². The van der Waals surface area contributed by atoms with E-state index in [2.05, 4.69) is 0 Å². The van der Waals surface area contributed by atoms with Crippen LogP contribution in [0, 0.1) is 11.8 Å². The molecule has 0 aromatic rings. The minimum Gasteiger partial charge on any atom is -0.461 e. The molecule has 1 fully saturated rings. The molecule has 7 heteroatoms. The van der Waals surface area contributed by atoms with Crippen molar-refractivity contribution < 1.29 is 33.7 Å². The minimum atomic E-state index is -1.34. The van der Waals surface area contributed by atoms with Gasteiger partial charge in [-0.05, 0) is 11.5 Å². The Balaban J connectivity index is 2.30. The first-order valence-corrected chi connectivity index (χ1v) is 7.81. The van der Waals surface area contributed by atoms with E-state index >= 15 is 0 Å². The Kier molecular flexibility index (Phi) is 5.56. The summed E-state index contributed by atoms with van der Waals surface area (Å²) < 4.78 is 16.0. The second kappa shape index (κ2) is 7.27. The smallest absolute Gasteiger partial charge is 0.307 e. The highest BCUT2D eigenvalue weighted by Crippen LogP contribution is 2.43. The lowest BCUT2D eigenvalue weighted by molar-refractivity contribution is -0.214. The number of carbonyl (C=O) groups is 3. The van der Waals surface area contributed by atoms with Crippen molar-refractivity contribution >= 4 is 18.2 Å². The van der Waals surface area contributed by atoms with Gasteiger partial charge in [-0.3, -0.25) is 14.4 Å². The second-order valence-electron chi connectivity index (χ2n) is 6.43. The largest absolute Gasteiger partial charge is 0.461 e. The van der Waals surface area contributed by atoms with Gasteiger partial charge in [-0.2, -0.15) is 0 Å². The number of ether oxygens (including phenoxy) is 3. The molecule has 132 valence electrons. The lowest BCUT2D eigenvalue weighted by Gasteiger charge is -2.42. The van der Waals surface area contributed by atoms with E-state index in [1.807, 2.05) is 13.8 Å². The Morgan fingerprint density at radius 1 is 1.46 bits per heavy atom. The number of allylic oxidation sites excluding steroid dienone is 2. The van der Waals surface area contributed by atoms with Crippen molar-refractivity contribution in [3.05, 3.63) is 23.3 Å². The summed E-state index contributed by atoms with van der Waals surface area (Å²) in [5.41, 5.74) is -0.519. The van der Waals surface area contributed by atoms with Crippen molar-refractivity contribution in [3.63, 3.8) is 0 Å². The third-order valence-electron chi connectivity index (χ3n) is 3.98. The summed E-state index contributed by atoms with van der Waals surface area (Å²) in [6, 6.07) is 0. The van der Waals surface area contributed by atoms with Crippen LogP contribution in [-0.4, -0.2) is 48.4 Å². The number of hydrogen-bond donors (Lipinski definition) is 1. The van der Waals surface area contributed by atoms with Gasteiger partial charge in [0.15, 0.2) is 11.9 Å². The van der Waals surface area contributed by atoms with E-state index in [0.717, 1.165) is 0 Å². The number of rotatable bonds is 6. The first-order chi connectivity index (χ1) is 11.3. The van der Waals surface area contributed by atoms with Crippen molar-refractivity contribution in [2.75, 3.05) is 13.2 Å². The number of aliphatic hydroxyl groups is 1. The average molecular weight is 338 g/mol. The summed E-state index contributed by atoms with van der Waals surface area (Å²) in [5.74, 6) is -1.63. The molecule has 1 N–H and O–H groups in total. The normalized spacial score (nSPS) is 28.7. The van der Waals surface area contributed by atoms with Crippen LogP contribution in [0.3, 0.4) is 0 Å². The van der Waals surface area contributed by atoms with Gasteiger partial charge in [0.05, 0.1) is 12.5 Å². The molecule has 1 aliphatic carbocycles. The lowest BCUT2D eigenvalue weighted by atomic mass is 9.81. The van der Waals surface area contributed by atoms with Crippen LogP contribution in [0.15, 0.2) is 23.3 Å². The quantitative estimate of drug-likeness (QED) is 0.567. The predicted octanol–water partition coefficient (Wildman–Crippen LogP) is 0.908. The van der Waals surface area contributed by atoms with Crippen LogP contribution < -0.4 is 0 Å². The zero-order valence-corrected chi connectivity index (χ0v) is 14.0. The molecule has 0 spiro atoms. The second-order valence-corrected chi connectivity index (χ2v) is 6.43. The number of hydrogen-bond acceptors (Lipinski definition) is 7. The van der Waals surface area contributed by atoms with Crippen molar-refractivity contribution in [1.82, 2.24) is 0 Å². The molecule has 0 saturated carbocycles. The molecular formula is C17H22O7. The summed E-state index contributed by atoms with van der Waals surface area (Å²) in [7, 11) is 0.